The number of amides is 5. The van der Waals surface area contributed by atoms with Crippen LogP contribution in [0.3, 0.4) is 0 Å². The number of carbonyl (C=O) groups excluding carboxylic acids is 5. The highest BCUT2D eigenvalue weighted by atomic mass is 16.6. The van der Waals surface area contributed by atoms with E-state index in [0.717, 1.165) is 28.2 Å². The Bertz CT molecular complexity index is 1380. The number of aryl methyl sites for hydroxylation is 1. The third kappa shape index (κ3) is 9.67. The molecule has 0 unspecified atom stereocenters. The number of anilines is 1. The van der Waals surface area contributed by atoms with E-state index >= 15 is 0 Å². The predicted octanol–water partition coefficient (Wildman–Crippen LogP) is -0.739. The molecule has 5 amide bonds. The lowest BCUT2D eigenvalue weighted by Crippen LogP contribution is -2.59. The Morgan fingerprint density at radius 3 is 2.09 bits per heavy atom. The molecule has 15 nitrogen and oxygen atoms in total. The van der Waals surface area contributed by atoms with Gasteiger partial charge in [0.05, 0.1) is 6.10 Å². The van der Waals surface area contributed by atoms with Crippen LogP contribution in [0, 0.1) is 11.8 Å². The van der Waals surface area contributed by atoms with E-state index in [1.54, 1.807) is 26.0 Å². The van der Waals surface area contributed by atoms with Crippen molar-refractivity contribution in [2.45, 2.75) is 96.5 Å². The molecule has 258 valence electrons. The highest BCUT2D eigenvalue weighted by molar-refractivity contribution is 6.14. The van der Waals surface area contributed by atoms with Crippen LogP contribution in [0.15, 0.2) is 30.4 Å². The van der Waals surface area contributed by atoms with Crippen LogP contribution in [0.25, 0.3) is 0 Å². The van der Waals surface area contributed by atoms with Gasteiger partial charge >= 0.3 is 5.97 Å². The zero-order valence-electron chi connectivity index (χ0n) is 27.0. The molecule has 47 heavy (non-hydrogen) atoms. The molecule has 2 heterocycles. The summed E-state index contributed by atoms with van der Waals surface area (Å²) in [4.78, 5) is 74.5. The highest BCUT2D eigenvalue weighted by Gasteiger charge is 2.46. The highest BCUT2D eigenvalue weighted by Crippen LogP contribution is 2.27. The minimum absolute atomic E-state index is 0.114. The molecule has 0 aromatic heterocycles. The molecule has 0 aliphatic carbocycles. The first-order chi connectivity index (χ1) is 22.0. The summed E-state index contributed by atoms with van der Waals surface area (Å²) in [5, 5.41) is 47.8. The number of carboxylic acid groups (broad SMARTS) is 1. The van der Waals surface area contributed by atoms with Gasteiger partial charge in [-0.3, -0.25) is 28.9 Å². The van der Waals surface area contributed by atoms with Crippen LogP contribution >= 0.6 is 0 Å². The maximum absolute atomic E-state index is 13.1. The molecule has 1 aromatic rings. The number of aliphatic carboxylic acids is 1. The van der Waals surface area contributed by atoms with E-state index in [-0.39, 0.29) is 18.8 Å². The molecule has 1 aromatic carbocycles. The van der Waals surface area contributed by atoms with Gasteiger partial charge in [-0.25, -0.2) is 4.79 Å². The maximum Gasteiger partial charge on any atom is 0.335 e. The van der Waals surface area contributed by atoms with Crippen molar-refractivity contribution in [3.8, 4) is 0 Å². The number of ether oxygens (including phenoxy) is 1. The molecule has 15 heteroatoms. The molecule has 0 saturated carbocycles. The number of carboxylic acids is 1. The van der Waals surface area contributed by atoms with Gasteiger partial charge in [-0.15, -0.1) is 0 Å². The normalized spacial score (nSPS) is 24.0. The third-order valence-electron chi connectivity index (χ3n) is 7.98. The molecule has 3 rings (SSSR count). The van der Waals surface area contributed by atoms with E-state index < -0.39 is 90.6 Å². The zero-order chi connectivity index (χ0) is 35.2. The summed E-state index contributed by atoms with van der Waals surface area (Å²) >= 11 is 0. The molecule has 1 fully saturated rings. The van der Waals surface area contributed by atoms with Crippen LogP contribution in [0.2, 0.25) is 0 Å². The van der Waals surface area contributed by atoms with E-state index in [0.29, 0.717) is 12.1 Å². The second kappa shape index (κ2) is 16.1. The second-order valence-electron chi connectivity index (χ2n) is 12.6. The van der Waals surface area contributed by atoms with Crippen LogP contribution in [-0.2, 0) is 46.3 Å². The first-order valence-corrected chi connectivity index (χ1v) is 15.5. The Balaban J connectivity index is 1.66. The van der Waals surface area contributed by atoms with Crippen LogP contribution in [-0.4, -0.2) is 110 Å². The average molecular weight is 661 g/mol. The summed E-state index contributed by atoms with van der Waals surface area (Å²) in [7, 11) is 0. The number of nitrogens with zero attached hydrogens (tertiary/aromatic N) is 1. The fraction of sp³-hybridized carbons (Fsp3) is 0.562. The summed E-state index contributed by atoms with van der Waals surface area (Å²) in [6, 6.07) is 3.18. The van der Waals surface area contributed by atoms with Crippen molar-refractivity contribution in [2.24, 2.45) is 11.8 Å². The number of carbonyl (C=O) groups is 6. The zero-order valence-corrected chi connectivity index (χ0v) is 27.0. The summed E-state index contributed by atoms with van der Waals surface area (Å²) in [6.45, 7) is 8.34. The molecule has 7 N–H and O–H groups in total. The lowest BCUT2D eigenvalue weighted by atomic mass is 9.89. The average Bonchev–Trinajstić information content (AvgIpc) is 3.30. The molecule has 0 radical (unpaired) electrons. The number of imide groups is 1. The number of hydrogen-bond acceptors (Lipinski definition) is 10. The van der Waals surface area contributed by atoms with Crippen LogP contribution < -0.4 is 16.0 Å². The van der Waals surface area contributed by atoms with Gasteiger partial charge in [-0.1, -0.05) is 33.8 Å². The van der Waals surface area contributed by atoms with Gasteiger partial charge in [-0.2, -0.15) is 0 Å². The summed E-state index contributed by atoms with van der Waals surface area (Å²) < 4.78 is 5.42. The molecular formula is C32H44N4O11. The Hall–Kier alpha value is -4.18. The van der Waals surface area contributed by atoms with Crippen molar-refractivity contribution < 1.29 is 53.9 Å². The van der Waals surface area contributed by atoms with Crippen LogP contribution in [0.1, 0.15) is 52.2 Å². The van der Waals surface area contributed by atoms with Gasteiger partial charge in [0.25, 0.3) is 11.8 Å². The van der Waals surface area contributed by atoms with Crippen molar-refractivity contribution >= 4 is 41.2 Å². The molecule has 7 atom stereocenters. The first-order valence-electron chi connectivity index (χ1n) is 15.5. The van der Waals surface area contributed by atoms with Crippen molar-refractivity contribution in [1.82, 2.24) is 15.5 Å². The number of rotatable bonds is 14. The van der Waals surface area contributed by atoms with E-state index in [1.165, 1.54) is 6.92 Å². The van der Waals surface area contributed by atoms with Crippen LogP contribution in [0.4, 0.5) is 5.69 Å². The van der Waals surface area contributed by atoms with Crippen molar-refractivity contribution in [3.05, 3.63) is 41.5 Å². The van der Waals surface area contributed by atoms with Gasteiger partial charge in [-0.05, 0) is 61.3 Å². The van der Waals surface area contributed by atoms with Crippen molar-refractivity contribution in [3.63, 3.8) is 0 Å². The van der Waals surface area contributed by atoms with Crippen molar-refractivity contribution in [2.75, 3.05) is 11.9 Å². The van der Waals surface area contributed by atoms with Gasteiger partial charge in [0.15, 0.2) is 6.10 Å². The fourth-order valence-corrected chi connectivity index (χ4v) is 5.37. The molecule has 1 saturated heterocycles. The number of nitrogens with one attached hydrogen (secondary N) is 3. The third-order valence-corrected chi connectivity index (χ3v) is 7.98. The predicted molar refractivity (Wildman–Crippen MR) is 166 cm³/mol. The molecule has 2 aliphatic heterocycles. The topological polar surface area (TPSA) is 232 Å². The quantitative estimate of drug-likeness (QED) is 0.123. The van der Waals surface area contributed by atoms with Gasteiger partial charge < -0.3 is 41.1 Å². The minimum Gasteiger partial charge on any atom is -0.479 e. The summed E-state index contributed by atoms with van der Waals surface area (Å²) in [5.74, 6) is -4.76. The van der Waals surface area contributed by atoms with Crippen LogP contribution in [0.5, 0.6) is 0 Å². The molecule has 2 aliphatic rings. The minimum atomic E-state index is -1.79. The Labute approximate surface area is 272 Å². The van der Waals surface area contributed by atoms with Gasteiger partial charge in [0.2, 0.25) is 17.7 Å². The fourth-order valence-electron chi connectivity index (χ4n) is 5.37. The Morgan fingerprint density at radius 1 is 0.872 bits per heavy atom. The monoisotopic (exact) mass is 660 g/mol. The molecule has 0 spiro atoms. The molecule has 0 bridgehead atoms. The van der Waals surface area contributed by atoms with E-state index in [9.17, 15) is 49.2 Å². The van der Waals surface area contributed by atoms with E-state index in [4.69, 9.17) is 4.74 Å². The number of hydrogen-bond donors (Lipinski definition) is 7. The number of aliphatic hydroxyl groups excluding tert-OH is 3. The van der Waals surface area contributed by atoms with Gasteiger partial charge in [0, 0.05) is 17.8 Å². The summed E-state index contributed by atoms with van der Waals surface area (Å²) in [6.07, 6.45) is -4.59. The maximum atomic E-state index is 13.1. The second-order valence-corrected chi connectivity index (χ2v) is 12.6. The SMILES string of the molecule is CC(C)Cc1ccc(NC(=O)[C@H](C)NC(=O)[C@@H](NC(=O)CN2C(=O)C=CC2=O)C(C)C)cc1CC[C@@H]1O[C@H](C(=O)O)[C@@H](O)[C@H](O)[C@H]1O. The smallest absolute Gasteiger partial charge is 0.335 e. The number of aliphatic hydroxyl groups is 3. The van der Waals surface area contributed by atoms with E-state index in [2.05, 4.69) is 16.0 Å². The lowest BCUT2D eigenvalue weighted by Gasteiger charge is -2.39. The van der Waals surface area contributed by atoms with Gasteiger partial charge in [0.1, 0.15) is 36.9 Å². The Morgan fingerprint density at radius 2 is 1.51 bits per heavy atom. The Kier molecular flexibility index (Phi) is 12.8. The van der Waals surface area contributed by atoms with Crippen molar-refractivity contribution in [1.29, 1.82) is 0 Å². The number of benzene rings is 1. The largest absolute Gasteiger partial charge is 0.479 e. The molecular weight excluding hydrogens is 616 g/mol. The lowest BCUT2D eigenvalue weighted by molar-refractivity contribution is -0.228. The first kappa shape index (κ1) is 37.3. The standard InChI is InChI=1S/C32H44N4O11/c1-15(2)12-18-6-8-20(13-19(18)7-9-21-26(40)27(41)28(42)29(47-21)32(45)46)34-30(43)17(5)33-31(44)25(16(3)4)35-22(37)14-36-23(38)10-11-24(36)39/h6,8,10-11,13,15-17,21,25-29,40-42H,7,9,12,14H2,1-5H3,(H,33,44)(H,34,43)(H,35,37)(H,45,46)/t17-,21-,25-,26-,27+,28-,29-/m0/s1. The summed E-state index contributed by atoms with van der Waals surface area (Å²) in [5.41, 5.74) is 2.14. The van der Waals surface area contributed by atoms with E-state index in [1.807, 2.05) is 19.9 Å².